The molecule has 2 aromatic carbocycles. The van der Waals surface area contributed by atoms with Crippen molar-refractivity contribution in [1.29, 1.82) is 0 Å². The summed E-state index contributed by atoms with van der Waals surface area (Å²) >= 11 is 6.35. The van der Waals surface area contributed by atoms with Crippen LogP contribution in [0.5, 0.6) is 5.75 Å². The van der Waals surface area contributed by atoms with E-state index in [1.54, 1.807) is 7.11 Å². The lowest BCUT2D eigenvalue weighted by Gasteiger charge is -2.27. The molecule has 0 aliphatic heterocycles. The number of methoxy groups -OCH3 is 1. The molecule has 0 heterocycles. The predicted molar refractivity (Wildman–Crippen MR) is 94.8 cm³/mol. The van der Waals surface area contributed by atoms with E-state index < -0.39 is 6.09 Å². The van der Waals surface area contributed by atoms with Gasteiger partial charge in [-0.25, -0.2) is 4.79 Å². The highest BCUT2D eigenvalue weighted by atomic mass is 35.5. The number of nitrogens with one attached hydrogen (secondary N) is 1. The van der Waals surface area contributed by atoms with Crippen LogP contribution in [-0.2, 0) is 6.42 Å². The highest BCUT2D eigenvalue weighted by Crippen LogP contribution is 2.46. The largest absolute Gasteiger partial charge is 0.497 e. The van der Waals surface area contributed by atoms with Crippen molar-refractivity contribution in [2.75, 3.05) is 7.11 Å². The summed E-state index contributed by atoms with van der Waals surface area (Å²) in [6, 6.07) is 11.4. The Balaban J connectivity index is 2.04. The Morgan fingerprint density at radius 2 is 2.04 bits per heavy atom. The highest BCUT2D eigenvalue weighted by Gasteiger charge is 2.40. The van der Waals surface area contributed by atoms with E-state index in [2.05, 4.69) is 25.2 Å². The third-order valence-electron chi connectivity index (χ3n) is 4.63. The van der Waals surface area contributed by atoms with Crippen LogP contribution in [0.15, 0.2) is 36.4 Å². The number of fused-ring (bicyclic) bond motifs is 1. The molecule has 5 heteroatoms. The Morgan fingerprint density at radius 3 is 2.71 bits per heavy atom. The molecule has 1 aliphatic rings. The monoisotopic (exact) mass is 345 g/mol. The number of benzene rings is 2. The van der Waals surface area contributed by atoms with Gasteiger partial charge in [0.05, 0.1) is 13.2 Å². The van der Waals surface area contributed by atoms with E-state index in [4.69, 9.17) is 21.4 Å². The summed E-state index contributed by atoms with van der Waals surface area (Å²) in [5, 5.41) is 12.4. The van der Waals surface area contributed by atoms with Gasteiger partial charge in [0.2, 0.25) is 0 Å². The van der Waals surface area contributed by atoms with E-state index in [1.165, 1.54) is 0 Å². The second-order valence-electron chi connectivity index (χ2n) is 6.81. The zero-order chi connectivity index (χ0) is 17.5. The van der Waals surface area contributed by atoms with Gasteiger partial charge in [-0.15, -0.1) is 0 Å². The average molecular weight is 346 g/mol. The Hall–Kier alpha value is -2.20. The second-order valence-corrected chi connectivity index (χ2v) is 7.21. The number of ether oxygens (including phenoxy) is 1. The lowest BCUT2D eigenvalue weighted by atomic mass is 9.85. The van der Waals surface area contributed by atoms with Crippen LogP contribution in [0.4, 0.5) is 4.79 Å². The molecule has 2 N–H and O–H groups in total. The number of carboxylic acid groups (broad SMARTS) is 1. The fraction of sp³-hybridized carbons (Fsp3) is 0.316. The first kappa shape index (κ1) is 16.7. The molecule has 0 aromatic heterocycles. The number of amides is 1. The third kappa shape index (κ3) is 2.94. The van der Waals surface area contributed by atoms with E-state index in [1.807, 2.05) is 30.3 Å². The maximum Gasteiger partial charge on any atom is 0.405 e. The Labute approximate surface area is 146 Å². The van der Waals surface area contributed by atoms with Crippen LogP contribution >= 0.6 is 11.6 Å². The zero-order valence-electron chi connectivity index (χ0n) is 13.9. The first-order chi connectivity index (χ1) is 11.3. The summed E-state index contributed by atoms with van der Waals surface area (Å²) in [6.07, 6.45) is -0.191. The molecule has 1 atom stereocenters. The molecule has 1 aliphatic carbocycles. The maximum atomic E-state index is 11.1. The summed E-state index contributed by atoms with van der Waals surface area (Å²) in [7, 11) is 1.63. The standard InChI is InChI=1S/C19H20ClNO3/c1-19(2)10-12-8-11(4-6-14(12)17(19)21-18(22)23)15-9-13(24-3)5-7-16(15)20/h4-9,17,21H,10H2,1-3H3,(H,22,23). The second kappa shape index (κ2) is 6.02. The molecule has 2 aromatic rings. The van der Waals surface area contributed by atoms with E-state index in [0.717, 1.165) is 34.4 Å². The van der Waals surface area contributed by atoms with Crippen LogP contribution in [0.25, 0.3) is 11.1 Å². The van der Waals surface area contributed by atoms with Crippen molar-refractivity contribution in [3.8, 4) is 16.9 Å². The molecule has 4 nitrogen and oxygen atoms in total. The van der Waals surface area contributed by atoms with E-state index in [9.17, 15) is 4.79 Å². The third-order valence-corrected chi connectivity index (χ3v) is 4.96. The van der Waals surface area contributed by atoms with E-state index >= 15 is 0 Å². The van der Waals surface area contributed by atoms with Crippen molar-refractivity contribution in [3.05, 3.63) is 52.5 Å². The number of hydrogen-bond donors (Lipinski definition) is 2. The van der Waals surface area contributed by atoms with E-state index in [-0.39, 0.29) is 11.5 Å². The lowest BCUT2D eigenvalue weighted by Crippen LogP contribution is -2.34. The molecule has 1 unspecified atom stereocenters. The van der Waals surface area contributed by atoms with Gasteiger partial charge >= 0.3 is 6.09 Å². The Morgan fingerprint density at radius 1 is 1.29 bits per heavy atom. The molecule has 0 saturated carbocycles. The smallest absolute Gasteiger partial charge is 0.405 e. The van der Waals surface area contributed by atoms with E-state index in [0.29, 0.717) is 5.02 Å². The van der Waals surface area contributed by atoms with Crippen molar-refractivity contribution in [1.82, 2.24) is 5.32 Å². The predicted octanol–water partition coefficient (Wildman–Crippen LogP) is 4.91. The zero-order valence-corrected chi connectivity index (χ0v) is 14.6. The summed E-state index contributed by atoms with van der Waals surface area (Å²) < 4.78 is 5.28. The Kier molecular flexibility index (Phi) is 4.18. The normalized spacial score (nSPS) is 18.1. The molecule has 3 rings (SSSR count). The maximum absolute atomic E-state index is 11.1. The molecular weight excluding hydrogens is 326 g/mol. The fourth-order valence-electron chi connectivity index (χ4n) is 3.47. The lowest BCUT2D eigenvalue weighted by molar-refractivity contribution is 0.175. The van der Waals surface area contributed by atoms with Crippen LogP contribution in [0, 0.1) is 5.41 Å². The average Bonchev–Trinajstić information content (AvgIpc) is 2.77. The molecule has 0 saturated heterocycles. The minimum atomic E-state index is -0.999. The summed E-state index contributed by atoms with van der Waals surface area (Å²) in [5.41, 5.74) is 3.92. The van der Waals surface area contributed by atoms with Gasteiger partial charge in [-0.3, -0.25) is 0 Å². The minimum Gasteiger partial charge on any atom is -0.497 e. The number of carbonyl (C=O) groups is 1. The SMILES string of the molecule is COc1ccc(Cl)c(-c2ccc3c(c2)CC(C)(C)C3NC(=O)O)c1. The summed E-state index contributed by atoms with van der Waals surface area (Å²) in [6.45, 7) is 4.15. The number of hydrogen-bond acceptors (Lipinski definition) is 2. The van der Waals surface area contributed by atoms with Crippen molar-refractivity contribution < 1.29 is 14.6 Å². The van der Waals surface area contributed by atoms with Crippen LogP contribution < -0.4 is 10.1 Å². The minimum absolute atomic E-state index is 0.169. The molecule has 0 radical (unpaired) electrons. The number of rotatable bonds is 3. The molecule has 0 fully saturated rings. The molecular formula is C19H20ClNO3. The Bertz CT molecular complexity index is 801. The van der Waals surface area contributed by atoms with Gasteiger partial charge in [-0.2, -0.15) is 0 Å². The first-order valence-electron chi connectivity index (χ1n) is 7.78. The molecule has 24 heavy (non-hydrogen) atoms. The van der Waals surface area contributed by atoms with Crippen molar-refractivity contribution in [2.24, 2.45) is 5.41 Å². The van der Waals surface area contributed by atoms with Crippen LogP contribution in [0.2, 0.25) is 5.02 Å². The van der Waals surface area contributed by atoms with Crippen LogP contribution in [-0.4, -0.2) is 18.3 Å². The quantitative estimate of drug-likeness (QED) is 0.831. The van der Waals surface area contributed by atoms with Crippen LogP contribution in [0.3, 0.4) is 0 Å². The van der Waals surface area contributed by atoms with Gasteiger partial charge in [0.1, 0.15) is 5.75 Å². The van der Waals surface area contributed by atoms with Crippen LogP contribution in [0.1, 0.15) is 31.0 Å². The van der Waals surface area contributed by atoms with Crippen molar-refractivity contribution >= 4 is 17.7 Å². The molecule has 0 bridgehead atoms. The molecule has 1 amide bonds. The molecule has 126 valence electrons. The fourth-order valence-corrected chi connectivity index (χ4v) is 3.70. The van der Waals surface area contributed by atoms with Gasteiger partial charge in [0, 0.05) is 10.6 Å². The highest BCUT2D eigenvalue weighted by molar-refractivity contribution is 6.33. The first-order valence-corrected chi connectivity index (χ1v) is 8.16. The van der Waals surface area contributed by atoms with Gasteiger partial charge in [-0.1, -0.05) is 43.6 Å². The topological polar surface area (TPSA) is 58.6 Å². The summed E-state index contributed by atoms with van der Waals surface area (Å²) in [4.78, 5) is 11.1. The summed E-state index contributed by atoms with van der Waals surface area (Å²) in [5.74, 6) is 0.751. The van der Waals surface area contributed by atoms with Gasteiger partial charge < -0.3 is 15.2 Å². The van der Waals surface area contributed by atoms with Gasteiger partial charge in [-0.05, 0) is 46.7 Å². The molecule has 0 spiro atoms. The van der Waals surface area contributed by atoms with Gasteiger partial charge in [0.15, 0.2) is 0 Å². The van der Waals surface area contributed by atoms with Crippen molar-refractivity contribution in [3.63, 3.8) is 0 Å². The number of halogens is 1. The van der Waals surface area contributed by atoms with Gasteiger partial charge in [0.25, 0.3) is 0 Å². The van der Waals surface area contributed by atoms with Crippen molar-refractivity contribution in [2.45, 2.75) is 26.3 Å².